The molecule has 0 bridgehead atoms. The zero-order chi connectivity index (χ0) is 20.6. The first-order valence-corrected chi connectivity index (χ1v) is 10.9. The Morgan fingerprint density at radius 2 is 1.69 bits per heavy atom. The van der Waals surface area contributed by atoms with E-state index in [9.17, 15) is 12.8 Å². The van der Waals surface area contributed by atoms with Crippen LogP contribution in [0.2, 0.25) is 0 Å². The topological polar surface area (TPSA) is 77.7 Å². The number of aromatic nitrogens is 4. The van der Waals surface area contributed by atoms with Crippen molar-refractivity contribution < 1.29 is 12.8 Å². The summed E-state index contributed by atoms with van der Waals surface area (Å²) in [5.41, 5.74) is 3.24. The van der Waals surface area contributed by atoms with E-state index in [1.54, 1.807) is 48.3 Å². The molecule has 4 aromatic rings. The van der Waals surface area contributed by atoms with Crippen LogP contribution in [0, 0.1) is 5.82 Å². The molecule has 0 N–H and O–H groups in total. The van der Waals surface area contributed by atoms with Crippen molar-refractivity contribution in [1.82, 2.24) is 20.0 Å². The third-order valence-electron chi connectivity index (χ3n) is 4.92. The first-order chi connectivity index (χ1) is 13.9. The highest BCUT2D eigenvalue weighted by molar-refractivity contribution is 7.91. The van der Waals surface area contributed by atoms with Crippen LogP contribution in [0.4, 0.5) is 4.39 Å². The van der Waals surface area contributed by atoms with E-state index in [-0.39, 0.29) is 16.5 Å². The normalized spacial score (nSPS) is 11.8. The van der Waals surface area contributed by atoms with E-state index in [1.165, 1.54) is 18.2 Å². The number of halogens is 1. The van der Waals surface area contributed by atoms with E-state index < -0.39 is 9.84 Å². The van der Waals surface area contributed by atoms with Crippen molar-refractivity contribution in [3.8, 4) is 22.3 Å². The van der Waals surface area contributed by atoms with Crippen LogP contribution in [-0.2, 0) is 16.4 Å². The fourth-order valence-electron chi connectivity index (χ4n) is 3.27. The van der Waals surface area contributed by atoms with Gasteiger partial charge in [-0.25, -0.2) is 17.5 Å². The molecule has 148 valence electrons. The largest absolute Gasteiger partial charge is 0.246 e. The van der Waals surface area contributed by atoms with Crippen LogP contribution >= 0.6 is 0 Å². The number of aryl methyl sites for hydroxylation is 1. The summed E-state index contributed by atoms with van der Waals surface area (Å²) in [5.74, 6) is -0.366. The number of rotatable bonds is 5. The lowest BCUT2D eigenvalue weighted by Gasteiger charge is -2.09. The molecular formula is C21H19FN4O2S. The van der Waals surface area contributed by atoms with Crippen LogP contribution in [0.15, 0.2) is 59.8 Å². The van der Waals surface area contributed by atoms with Gasteiger partial charge in [-0.1, -0.05) is 25.1 Å². The molecule has 2 aromatic heterocycles. The molecule has 0 aliphatic carbocycles. The van der Waals surface area contributed by atoms with E-state index in [2.05, 4.69) is 15.3 Å². The summed E-state index contributed by atoms with van der Waals surface area (Å²) in [6.07, 6.45) is 3.37. The summed E-state index contributed by atoms with van der Waals surface area (Å²) in [7, 11) is -3.30. The highest BCUT2D eigenvalue weighted by Gasteiger charge is 2.15. The van der Waals surface area contributed by atoms with Crippen LogP contribution in [0.25, 0.3) is 33.3 Å². The van der Waals surface area contributed by atoms with Gasteiger partial charge in [-0.2, -0.15) is 10.2 Å². The van der Waals surface area contributed by atoms with Gasteiger partial charge in [0.15, 0.2) is 15.5 Å². The van der Waals surface area contributed by atoms with Gasteiger partial charge in [0.05, 0.1) is 28.4 Å². The van der Waals surface area contributed by atoms with Gasteiger partial charge in [0, 0.05) is 17.7 Å². The van der Waals surface area contributed by atoms with E-state index in [0.717, 1.165) is 16.5 Å². The first-order valence-electron chi connectivity index (χ1n) is 9.25. The maximum atomic E-state index is 14.6. The van der Waals surface area contributed by atoms with E-state index >= 15 is 0 Å². The molecule has 0 unspecified atom stereocenters. The van der Waals surface area contributed by atoms with Gasteiger partial charge >= 0.3 is 0 Å². The van der Waals surface area contributed by atoms with Gasteiger partial charge in [0.1, 0.15) is 5.82 Å². The van der Waals surface area contributed by atoms with Gasteiger partial charge in [0.25, 0.3) is 0 Å². The highest BCUT2D eigenvalue weighted by Crippen LogP contribution is 2.32. The third-order valence-corrected chi connectivity index (χ3v) is 6.67. The quantitative estimate of drug-likeness (QED) is 0.495. The van der Waals surface area contributed by atoms with Crippen molar-refractivity contribution >= 4 is 20.9 Å². The number of hydrogen-bond acceptors (Lipinski definition) is 5. The van der Waals surface area contributed by atoms with E-state index in [4.69, 9.17) is 0 Å². The van der Waals surface area contributed by atoms with Gasteiger partial charge in [0.2, 0.25) is 0 Å². The maximum absolute atomic E-state index is 14.6. The number of hydrogen-bond donors (Lipinski definition) is 0. The van der Waals surface area contributed by atoms with Gasteiger partial charge in [-0.15, -0.1) is 5.10 Å². The molecule has 2 aromatic carbocycles. The predicted octanol–water partition coefficient (Wildman–Crippen LogP) is 4.11. The smallest absolute Gasteiger partial charge is 0.180 e. The Kier molecular flexibility index (Phi) is 4.87. The standard InChI is InChI=1S/C21H19FN4O2S/c1-3-26-21-19(13-24-26)18(12-23-25-21)15-7-10-20(22)17(11-15)14-5-8-16(9-6-14)29(27,28)4-2/h5-13H,3-4H2,1-2H3. The Hall–Kier alpha value is -3.13. The molecule has 0 saturated heterocycles. The van der Waals surface area contributed by atoms with Crippen molar-refractivity contribution in [2.24, 2.45) is 0 Å². The maximum Gasteiger partial charge on any atom is 0.180 e. The third kappa shape index (κ3) is 3.40. The fraction of sp³-hybridized carbons (Fsp3) is 0.190. The Balaban J connectivity index is 1.81. The van der Waals surface area contributed by atoms with E-state index in [0.29, 0.717) is 23.3 Å². The Labute approximate surface area is 167 Å². The summed E-state index contributed by atoms with van der Waals surface area (Å²) >= 11 is 0. The molecule has 0 aliphatic rings. The van der Waals surface area contributed by atoms with Crippen LogP contribution in [0.3, 0.4) is 0 Å². The molecule has 0 fully saturated rings. The average Bonchev–Trinajstić information content (AvgIpc) is 3.17. The molecule has 6 nitrogen and oxygen atoms in total. The zero-order valence-electron chi connectivity index (χ0n) is 16.0. The second-order valence-electron chi connectivity index (χ2n) is 6.58. The van der Waals surface area contributed by atoms with Crippen molar-refractivity contribution in [1.29, 1.82) is 0 Å². The lowest BCUT2D eigenvalue weighted by atomic mass is 9.98. The Bertz CT molecular complexity index is 1300. The zero-order valence-corrected chi connectivity index (χ0v) is 16.8. The van der Waals surface area contributed by atoms with Gasteiger partial charge in [-0.3, -0.25) is 0 Å². The Morgan fingerprint density at radius 1 is 0.966 bits per heavy atom. The molecule has 0 amide bonds. The minimum atomic E-state index is -3.30. The SMILES string of the molecule is CCn1ncc2c(-c3ccc(F)c(-c4ccc(S(=O)(=O)CC)cc4)c3)cnnc21. The number of fused-ring (bicyclic) bond motifs is 1. The van der Waals surface area contributed by atoms with Crippen molar-refractivity contribution in [2.45, 2.75) is 25.3 Å². The minimum absolute atomic E-state index is 0.0205. The lowest BCUT2D eigenvalue weighted by molar-refractivity contribution is 0.597. The first kappa shape index (κ1) is 19.2. The fourth-order valence-corrected chi connectivity index (χ4v) is 4.15. The van der Waals surface area contributed by atoms with Crippen molar-refractivity contribution in [3.63, 3.8) is 0 Å². The second-order valence-corrected chi connectivity index (χ2v) is 8.86. The molecule has 0 atom stereocenters. The molecule has 2 heterocycles. The van der Waals surface area contributed by atoms with Crippen molar-refractivity contribution in [2.75, 3.05) is 5.75 Å². The number of sulfone groups is 1. The highest BCUT2D eigenvalue weighted by atomic mass is 32.2. The lowest BCUT2D eigenvalue weighted by Crippen LogP contribution is -2.03. The molecule has 0 spiro atoms. The Morgan fingerprint density at radius 3 is 2.38 bits per heavy atom. The molecule has 29 heavy (non-hydrogen) atoms. The summed E-state index contributed by atoms with van der Waals surface area (Å²) in [6, 6.07) is 11.1. The van der Waals surface area contributed by atoms with Crippen LogP contribution in [0.1, 0.15) is 13.8 Å². The van der Waals surface area contributed by atoms with Gasteiger partial charge < -0.3 is 0 Å². The number of nitrogens with zero attached hydrogens (tertiary/aromatic N) is 4. The van der Waals surface area contributed by atoms with Gasteiger partial charge in [-0.05, 0) is 42.3 Å². The molecular weight excluding hydrogens is 391 g/mol. The number of benzene rings is 2. The summed E-state index contributed by atoms with van der Waals surface area (Å²) in [4.78, 5) is 0.229. The molecule has 0 radical (unpaired) electrons. The van der Waals surface area contributed by atoms with Crippen LogP contribution in [0.5, 0.6) is 0 Å². The minimum Gasteiger partial charge on any atom is -0.246 e. The van der Waals surface area contributed by atoms with Crippen LogP contribution < -0.4 is 0 Å². The van der Waals surface area contributed by atoms with Crippen LogP contribution in [-0.4, -0.2) is 34.1 Å². The van der Waals surface area contributed by atoms with Crippen molar-refractivity contribution in [3.05, 3.63) is 60.7 Å². The molecule has 4 rings (SSSR count). The summed E-state index contributed by atoms with van der Waals surface area (Å²) in [5, 5.41) is 13.4. The second kappa shape index (κ2) is 7.36. The van der Waals surface area contributed by atoms with E-state index in [1.807, 2.05) is 6.92 Å². The average molecular weight is 410 g/mol. The summed E-state index contributed by atoms with van der Waals surface area (Å²) < 4.78 is 40.4. The molecule has 8 heteroatoms. The predicted molar refractivity (Wildman–Crippen MR) is 110 cm³/mol. The molecule has 0 aliphatic heterocycles. The summed E-state index contributed by atoms with van der Waals surface area (Å²) in [6.45, 7) is 4.24. The molecule has 0 saturated carbocycles. The monoisotopic (exact) mass is 410 g/mol.